The van der Waals surface area contributed by atoms with Crippen LogP contribution in [0.2, 0.25) is 0 Å². The zero-order valence-corrected chi connectivity index (χ0v) is 14.0. The number of benzene rings is 2. The third kappa shape index (κ3) is 3.42. The van der Waals surface area contributed by atoms with Gasteiger partial charge in [-0.15, -0.1) is 5.75 Å². The molecule has 0 amide bonds. The van der Waals surface area contributed by atoms with Gasteiger partial charge in [-0.1, -0.05) is 43.2 Å². The van der Waals surface area contributed by atoms with E-state index in [4.69, 9.17) is 0 Å². The van der Waals surface area contributed by atoms with Gasteiger partial charge in [0.05, 0.1) is 10.6 Å². The summed E-state index contributed by atoms with van der Waals surface area (Å²) < 4.78 is 27.5. The number of rotatable bonds is 4. The molecule has 0 aromatic heterocycles. The van der Waals surface area contributed by atoms with E-state index in [1.807, 2.05) is 20.8 Å². The lowest BCUT2D eigenvalue weighted by Crippen LogP contribution is -2.14. The van der Waals surface area contributed by atoms with Crippen LogP contribution in [0.5, 0.6) is 5.75 Å². The first-order valence-electron chi connectivity index (χ1n) is 7.12. The second-order valence-corrected chi connectivity index (χ2v) is 7.46. The standard InChI is InChI=1S/C17H21NO3S/c1-11(2)15-10-16(13(4)9-17(15)19)18-22(20,21)14-7-5-12(3)6-8-14/h5-11,18-19H,1-4H3/p-1. The van der Waals surface area contributed by atoms with Crippen LogP contribution in [0.25, 0.3) is 0 Å². The van der Waals surface area contributed by atoms with Gasteiger partial charge in [-0.2, -0.15) is 0 Å². The minimum absolute atomic E-state index is 0.0377. The van der Waals surface area contributed by atoms with Crippen molar-refractivity contribution in [1.29, 1.82) is 0 Å². The summed E-state index contributed by atoms with van der Waals surface area (Å²) in [5.41, 5.74) is 2.66. The minimum atomic E-state index is -3.66. The molecule has 1 N–H and O–H groups in total. The lowest BCUT2D eigenvalue weighted by molar-refractivity contribution is -0.269. The van der Waals surface area contributed by atoms with Gasteiger partial charge in [0.1, 0.15) is 0 Å². The summed E-state index contributed by atoms with van der Waals surface area (Å²) in [4.78, 5) is 0.204. The first-order valence-corrected chi connectivity index (χ1v) is 8.60. The molecule has 2 aromatic carbocycles. The van der Waals surface area contributed by atoms with E-state index in [2.05, 4.69) is 4.72 Å². The molecular weight excluding hydrogens is 298 g/mol. The Morgan fingerprint density at radius 1 is 1.05 bits per heavy atom. The molecule has 22 heavy (non-hydrogen) atoms. The van der Waals surface area contributed by atoms with Crippen molar-refractivity contribution >= 4 is 15.7 Å². The topological polar surface area (TPSA) is 69.2 Å². The van der Waals surface area contributed by atoms with Crippen molar-refractivity contribution in [3.05, 3.63) is 53.1 Å². The van der Waals surface area contributed by atoms with Gasteiger partial charge in [-0.05, 0) is 43.5 Å². The van der Waals surface area contributed by atoms with Crippen LogP contribution in [-0.2, 0) is 10.0 Å². The number of anilines is 1. The first-order chi connectivity index (χ1) is 10.2. The third-order valence-corrected chi connectivity index (χ3v) is 4.94. The maximum Gasteiger partial charge on any atom is 0.261 e. The lowest BCUT2D eigenvalue weighted by atomic mass is 9.99. The third-order valence-electron chi connectivity index (χ3n) is 3.55. The monoisotopic (exact) mass is 318 g/mol. The highest BCUT2D eigenvalue weighted by molar-refractivity contribution is 7.92. The van der Waals surface area contributed by atoms with Gasteiger partial charge in [0.2, 0.25) is 0 Å². The number of hydrogen-bond acceptors (Lipinski definition) is 3. The normalized spacial score (nSPS) is 11.7. The SMILES string of the molecule is Cc1ccc(S(=O)(=O)Nc2cc(C(C)C)c([O-])cc2C)cc1. The highest BCUT2D eigenvalue weighted by atomic mass is 32.2. The fourth-order valence-corrected chi connectivity index (χ4v) is 3.30. The lowest BCUT2D eigenvalue weighted by Gasteiger charge is -2.20. The predicted molar refractivity (Wildman–Crippen MR) is 86.7 cm³/mol. The van der Waals surface area contributed by atoms with Crippen molar-refractivity contribution in [3.63, 3.8) is 0 Å². The maximum atomic E-state index is 12.4. The second kappa shape index (κ2) is 6.01. The molecule has 0 atom stereocenters. The van der Waals surface area contributed by atoms with E-state index in [1.54, 1.807) is 37.3 Å². The molecule has 0 fully saturated rings. The molecule has 0 bridgehead atoms. The molecule has 2 rings (SSSR count). The molecule has 0 unspecified atom stereocenters. The Kier molecular flexibility index (Phi) is 4.47. The molecule has 0 saturated carbocycles. The number of nitrogens with one attached hydrogen (secondary N) is 1. The van der Waals surface area contributed by atoms with Crippen molar-refractivity contribution in [3.8, 4) is 5.75 Å². The quantitative estimate of drug-likeness (QED) is 0.940. The molecule has 0 spiro atoms. The summed E-state index contributed by atoms with van der Waals surface area (Å²) in [6, 6.07) is 9.75. The van der Waals surface area contributed by atoms with E-state index < -0.39 is 10.0 Å². The van der Waals surface area contributed by atoms with Crippen LogP contribution in [-0.4, -0.2) is 8.42 Å². The fourth-order valence-electron chi connectivity index (χ4n) is 2.18. The van der Waals surface area contributed by atoms with Crippen LogP contribution in [0, 0.1) is 13.8 Å². The zero-order valence-electron chi connectivity index (χ0n) is 13.2. The van der Waals surface area contributed by atoms with Crippen LogP contribution in [0.3, 0.4) is 0 Å². The molecule has 0 aliphatic rings. The molecule has 0 heterocycles. The van der Waals surface area contributed by atoms with Crippen LogP contribution < -0.4 is 9.83 Å². The smallest absolute Gasteiger partial charge is 0.261 e. The predicted octanol–water partition coefficient (Wildman–Crippen LogP) is 3.30. The number of sulfonamides is 1. The van der Waals surface area contributed by atoms with Crippen molar-refractivity contribution in [1.82, 2.24) is 0 Å². The van der Waals surface area contributed by atoms with Crippen molar-refractivity contribution in [2.45, 2.75) is 38.5 Å². The van der Waals surface area contributed by atoms with E-state index in [0.717, 1.165) is 5.56 Å². The number of aryl methyl sites for hydroxylation is 2. The average Bonchev–Trinajstić information content (AvgIpc) is 2.41. The second-order valence-electron chi connectivity index (χ2n) is 5.78. The zero-order chi connectivity index (χ0) is 16.5. The van der Waals surface area contributed by atoms with Gasteiger partial charge >= 0.3 is 0 Å². The maximum absolute atomic E-state index is 12.4. The fraction of sp³-hybridized carbons (Fsp3) is 0.294. The van der Waals surface area contributed by atoms with Crippen LogP contribution in [0.4, 0.5) is 5.69 Å². The van der Waals surface area contributed by atoms with Gasteiger partial charge in [0, 0.05) is 0 Å². The summed E-state index contributed by atoms with van der Waals surface area (Å²) in [5.74, 6) is -0.0264. The highest BCUT2D eigenvalue weighted by Gasteiger charge is 2.16. The van der Waals surface area contributed by atoms with E-state index in [0.29, 0.717) is 16.8 Å². The van der Waals surface area contributed by atoms with Crippen LogP contribution in [0.15, 0.2) is 41.3 Å². The molecule has 4 nitrogen and oxygen atoms in total. The molecule has 118 valence electrons. The minimum Gasteiger partial charge on any atom is -0.872 e. The number of hydrogen-bond donors (Lipinski definition) is 1. The Labute approximate surface area is 131 Å². The highest BCUT2D eigenvalue weighted by Crippen LogP contribution is 2.30. The van der Waals surface area contributed by atoms with E-state index in [-0.39, 0.29) is 16.6 Å². The van der Waals surface area contributed by atoms with E-state index in [1.165, 1.54) is 6.07 Å². The molecule has 5 heteroatoms. The molecule has 0 aliphatic heterocycles. The average molecular weight is 318 g/mol. The summed E-state index contributed by atoms with van der Waals surface area (Å²) in [6.45, 7) is 7.43. The van der Waals surface area contributed by atoms with Crippen molar-refractivity contribution in [2.75, 3.05) is 4.72 Å². The summed E-state index contributed by atoms with van der Waals surface area (Å²) >= 11 is 0. The Bertz CT molecular complexity index is 778. The van der Waals surface area contributed by atoms with Gasteiger partial charge in [-0.25, -0.2) is 8.42 Å². The molecular formula is C17H20NO3S-. The molecule has 0 radical (unpaired) electrons. The molecule has 0 saturated heterocycles. The van der Waals surface area contributed by atoms with Gasteiger partial charge in [-0.3, -0.25) is 4.72 Å². The summed E-state index contributed by atoms with van der Waals surface area (Å²) in [7, 11) is -3.66. The first kappa shape index (κ1) is 16.4. The Morgan fingerprint density at radius 2 is 1.64 bits per heavy atom. The molecule has 0 aliphatic carbocycles. The summed E-state index contributed by atoms with van der Waals surface area (Å²) in [5, 5.41) is 11.9. The van der Waals surface area contributed by atoms with Gasteiger partial charge in [0.15, 0.2) is 0 Å². The summed E-state index contributed by atoms with van der Waals surface area (Å²) in [6.07, 6.45) is 0. The van der Waals surface area contributed by atoms with Crippen molar-refractivity contribution < 1.29 is 13.5 Å². The van der Waals surface area contributed by atoms with E-state index in [9.17, 15) is 13.5 Å². The van der Waals surface area contributed by atoms with Crippen molar-refractivity contribution in [2.24, 2.45) is 0 Å². The Morgan fingerprint density at radius 3 is 2.18 bits per heavy atom. The largest absolute Gasteiger partial charge is 0.872 e. The molecule has 2 aromatic rings. The Balaban J connectivity index is 2.41. The van der Waals surface area contributed by atoms with Gasteiger partial charge < -0.3 is 5.11 Å². The Hall–Kier alpha value is -2.01. The van der Waals surface area contributed by atoms with E-state index >= 15 is 0 Å². The van der Waals surface area contributed by atoms with Gasteiger partial charge in [0.25, 0.3) is 10.0 Å². The van der Waals surface area contributed by atoms with Crippen LogP contribution in [0.1, 0.15) is 36.5 Å². The van der Waals surface area contributed by atoms with Crippen LogP contribution >= 0.6 is 0 Å².